The Labute approximate surface area is 155 Å². The second-order valence-corrected chi connectivity index (χ2v) is 6.79. The van der Waals surface area contributed by atoms with Gasteiger partial charge in [-0.2, -0.15) is 0 Å². The molecule has 2 amide bonds. The summed E-state index contributed by atoms with van der Waals surface area (Å²) in [6.07, 6.45) is 2.92. The fraction of sp³-hybridized carbons (Fsp3) is 0.200. The summed E-state index contributed by atoms with van der Waals surface area (Å²) in [5.74, 6) is -0.307. The number of nitrogens with zero attached hydrogens (tertiary/aromatic N) is 1. The molecule has 1 aliphatic rings. The lowest BCUT2D eigenvalue weighted by atomic mass is 9.99. The normalized spacial score (nSPS) is 14.0. The maximum atomic E-state index is 12.3. The van der Waals surface area contributed by atoms with Crippen molar-refractivity contribution < 1.29 is 9.59 Å². The highest BCUT2D eigenvalue weighted by Gasteiger charge is 2.18. The van der Waals surface area contributed by atoms with E-state index in [0.717, 1.165) is 10.9 Å². The van der Waals surface area contributed by atoms with Gasteiger partial charge >= 0.3 is 0 Å². The Hall–Kier alpha value is -2.40. The van der Waals surface area contributed by atoms with Gasteiger partial charge in [0, 0.05) is 23.1 Å². The van der Waals surface area contributed by atoms with Gasteiger partial charge in [0.1, 0.15) is 0 Å². The van der Waals surface area contributed by atoms with Crippen molar-refractivity contribution in [2.24, 2.45) is 0 Å². The van der Waals surface area contributed by atoms with Crippen LogP contribution in [-0.4, -0.2) is 36.3 Å². The minimum Gasteiger partial charge on any atom is -0.343 e. The van der Waals surface area contributed by atoms with Crippen molar-refractivity contribution >= 4 is 33.3 Å². The molecule has 2 aromatic carbocycles. The highest BCUT2D eigenvalue weighted by atomic mass is 79.9. The second kappa shape index (κ2) is 8.12. The van der Waals surface area contributed by atoms with Gasteiger partial charge in [0.25, 0.3) is 5.91 Å². The average molecular weight is 399 g/mol. The van der Waals surface area contributed by atoms with E-state index in [4.69, 9.17) is 0 Å². The Balaban J connectivity index is 1.53. The lowest BCUT2D eigenvalue weighted by molar-refractivity contribution is -0.129. The van der Waals surface area contributed by atoms with Crippen LogP contribution in [0.4, 0.5) is 0 Å². The van der Waals surface area contributed by atoms with Crippen LogP contribution in [0.5, 0.6) is 0 Å². The second-order valence-electron chi connectivity index (χ2n) is 5.88. The molecule has 1 heterocycles. The van der Waals surface area contributed by atoms with Crippen LogP contribution in [0, 0.1) is 0 Å². The molecule has 0 atom stereocenters. The molecule has 0 saturated carbocycles. The van der Waals surface area contributed by atoms with E-state index in [-0.39, 0.29) is 18.4 Å². The van der Waals surface area contributed by atoms with E-state index in [1.165, 1.54) is 11.1 Å². The highest BCUT2D eigenvalue weighted by molar-refractivity contribution is 9.10. The summed E-state index contributed by atoms with van der Waals surface area (Å²) in [5.41, 5.74) is 3.01. The molecule has 0 unspecified atom stereocenters. The van der Waals surface area contributed by atoms with E-state index >= 15 is 0 Å². The molecule has 4 nitrogen and oxygen atoms in total. The molecular formula is C20H19BrN2O2. The largest absolute Gasteiger partial charge is 0.343 e. The third-order valence-corrected chi connectivity index (χ3v) is 4.69. The summed E-state index contributed by atoms with van der Waals surface area (Å²) in [6, 6.07) is 17.3. The number of hydrogen-bond acceptors (Lipinski definition) is 2. The average Bonchev–Trinajstić information content (AvgIpc) is 2.66. The predicted molar refractivity (Wildman–Crippen MR) is 102 cm³/mol. The molecule has 1 aliphatic heterocycles. The SMILES string of the molecule is O=C(NCC(=O)N1CC=C(c2ccccc2)CC1)c1cccc(Br)c1. The Kier molecular flexibility index (Phi) is 5.66. The van der Waals surface area contributed by atoms with Crippen LogP contribution >= 0.6 is 15.9 Å². The van der Waals surface area contributed by atoms with Crippen molar-refractivity contribution in [2.75, 3.05) is 19.6 Å². The molecule has 5 heteroatoms. The number of halogens is 1. The molecule has 0 aromatic heterocycles. The Morgan fingerprint density at radius 2 is 1.88 bits per heavy atom. The van der Waals surface area contributed by atoms with Crippen molar-refractivity contribution in [1.82, 2.24) is 10.2 Å². The zero-order valence-corrected chi connectivity index (χ0v) is 15.3. The maximum Gasteiger partial charge on any atom is 0.251 e. The number of carbonyl (C=O) groups is 2. The van der Waals surface area contributed by atoms with Gasteiger partial charge in [-0.15, -0.1) is 0 Å². The molecule has 2 aromatic rings. The Bertz CT molecular complexity index is 802. The number of nitrogens with one attached hydrogen (secondary N) is 1. The zero-order chi connectivity index (χ0) is 17.6. The molecule has 25 heavy (non-hydrogen) atoms. The summed E-state index contributed by atoms with van der Waals surface area (Å²) < 4.78 is 0.834. The lowest BCUT2D eigenvalue weighted by Gasteiger charge is -2.26. The fourth-order valence-electron chi connectivity index (χ4n) is 2.81. The smallest absolute Gasteiger partial charge is 0.251 e. The standard InChI is InChI=1S/C20H19BrN2O2/c21-18-8-4-7-17(13-18)20(25)22-14-19(24)23-11-9-16(10-12-23)15-5-2-1-3-6-15/h1-9,13H,10-12,14H2,(H,22,25). The van der Waals surface area contributed by atoms with Crippen molar-refractivity contribution in [3.05, 3.63) is 76.3 Å². The van der Waals surface area contributed by atoms with E-state index in [1.807, 2.05) is 24.3 Å². The minimum atomic E-state index is -0.243. The van der Waals surface area contributed by atoms with Crippen LogP contribution in [0.1, 0.15) is 22.3 Å². The summed E-state index contributed by atoms with van der Waals surface area (Å²) in [5, 5.41) is 2.69. The van der Waals surface area contributed by atoms with Crippen LogP contribution in [-0.2, 0) is 4.79 Å². The van der Waals surface area contributed by atoms with Crippen molar-refractivity contribution in [2.45, 2.75) is 6.42 Å². The lowest BCUT2D eigenvalue weighted by Crippen LogP contribution is -2.42. The monoisotopic (exact) mass is 398 g/mol. The summed E-state index contributed by atoms with van der Waals surface area (Å²) in [4.78, 5) is 26.2. The predicted octanol–water partition coefficient (Wildman–Crippen LogP) is 3.49. The third kappa shape index (κ3) is 4.57. The number of hydrogen-bond donors (Lipinski definition) is 1. The van der Waals surface area contributed by atoms with Crippen LogP contribution in [0.3, 0.4) is 0 Å². The van der Waals surface area contributed by atoms with E-state index in [0.29, 0.717) is 18.7 Å². The van der Waals surface area contributed by atoms with Crippen LogP contribution in [0.2, 0.25) is 0 Å². The summed E-state index contributed by atoms with van der Waals surface area (Å²) in [7, 11) is 0. The van der Waals surface area contributed by atoms with E-state index in [9.17, 15) is 9.59 Å². The topological polar surface area (TPSA) is 49.4 Å². The van der Waals surface area contributed by atoms with Gasteiger partial charge in [-0.1, -0.05) is 58.4 Å². The number of benzene rings is 2. The van der Waals surface area contributed by atoms with Crippen LogP contribution in [0.15, 0.2) is 65.1 Å². The van der Waals surface area contributed by atoms with Gasteiger partial charge in [0.05, 0.1) is 6.54 Å². The van der Waals surface area contributed by atoms with E-state index in [1.54, 1.807) is 23.1 Å². The van der Waals surface area contributed by atoms with Gasteiger partial charge in [0.15, 0.2) is 0 Å². The first-order chi connectivity index (χ1) is 12.1. The molecule has 0 bridgehead atoms. The maximum absolute atomic E-state index is 12.3. The first-order valence-corrected chi connectivity index (χ1v) is 8.99. The third-order valence-electron chi connectivity index (χ3n) is 4.19. The summed E-state index contributed by atoms with van der Waals surface area (Å²) in [6.45, 7) is 1.27. The fourth-order valence-corrected chi connectivity index (χ4v) is 3.21. The molecular weight excluding hydrogens is 380 g/mol. The van der Waals surface area contributed by atoms with E-state index in [2.05, 4.69) is 39.5 Å². The first-order valence-electron chi connectivity index (χ1n) is 8.19. The summed E-state index contributed by atoms with van der Waals surface area (Å²) >= 11 is 3.34. The van der Waals surface area contributed by atoms with Gasteiger partial charge < -0.3 is 10.2 Å². The van der Waals surface area contributed by atoms with Crippen molar-refractivity contribution in [3.8, 4) is 0 Å². The van der Waals surface area contributed by atoms with Gasteiger partial charge in [-0.25, -0.2) is 0 Å². The first kappa shape index (κ1) is 17.4. The molecule has 0 radical (unpaired) electrons. The number of amides is 2. The number of carbonyl (C=O) groups excluding carboxylic acids is 2. The quantitative estimate of drug-likeness (QED) is 0.856. The molecule has 0 fully saturated rings. The number of rotatable bonds is 4. The molecule has 3 rings (SSSR count). The zero-order valence-electron chi connectivity index (χ0n) is 13.7. The van der Waals surface area contributed by atoms with Crippen LogP contribution < -0.4 is 5.32 Å². The molecule has 0 aliphatic carbocycles. The molecule has 0 saturated heterocycles. The van der Waals surface area contributed by atoms with E-state index < -0.39 is 0 Å². The van der Waals surface area contributed by atoms with Crippen molar-refractivity contribution in [3.63, 3.8) is 0 Å². The van der Waals surface area contributed by atoms with Gasteiger partial charge in [-0.3, -0.25) is 9.59 Å². The van der Waals surface area contributed by atoms with Gasteiger partial charge in [-0.05, 0) is 35.8 Å². The molecule has 128 valence electrons. The molecule has 0 spiro atoms. The minimum absolute atomic E-state index is 0.0137. The highest BCUT2D eigenvalue weighted by Crippen LogP contribution is 2.21. The van der Waals surface area contributed by atoms with Crippen molar-refractivity contribution in [1.29, 1.82) is 0 Å². The Morgan fingerprint density at radius 3 is 2.56 bits per heavy atom. The van der Waals surface area contributed by atoms with Crippen LogP contribution in [0.25, 0.3) is 5.57 Å². The van der Waals surface area contributed by atoms with Gasteiger partial charge in [0.2, 0.25) is 5.91 Å². The Morgan fingerprint density at radius 1 is 1.08 bits per heavy atom. The molecule has 1 N–H and O–H groups in total.